The van der Waals surface area contributed by atoms with Gasteiger partial charge < -0.3 is 0 Å². The standard InChI is InChI=1S/C19H16IP/c20-21-19(16-10-4-1-5-11-16,17-12-6-2-7-13-17)18-14-8-3-9-15-18/h1-15,21H. The maximum Gasteiger partial charge on any atom is 0.0714 e. The minimum atomic E-state index is -0.0651. The molecule has 0 aliphatic heterocycles. The van der Waals surface area contributed by atoms with Crippen molar-refractivity contribution in [3.05, 3.63) is 108 Å². The third-order valence-electron chi connectivity index (χ3n) is 3.76. The van der Waals surface area contributed by atoms with E-state index in [4.69, 9.17) is 0 Å². The van der Waals surface area contributed by atoms with Crippen molar-refractivity contribution >= 4 is 28.3 Å². The molecule has 0 radical (unpaired) electrons. The molecular weight excluding hydrogens is 386 g/mol. The smallest absolute Gasteiger partial charge is 0.0622 e. The van der Waals surface area contributed by atoms with E-state index < -0.39 is 0 Å². The molecule has 0 aromatic heterocycles. The molecule has 0 fully saturated rings. The first-order valence-corrected chi connectivity index (χ1v) is 11.0. The number of halogens is 1. The summed E-state index contributed by atoms with van der Waals surface area (Å²) >= 11 is 2.54. The van der Waals surface area contributed by atoms with Gasteiger partial charge in [0.1, 0.15) is 0 Å². The van der Waals surface area contributed by atoms with Crippen LogP contribution in [0.2, 0.25) is 0 Å². The Kier molecular flexibility index (Phi) is 4.72. The van der Waals surface area contributed by atoms with Crippen molar-refractivity contribution in [1.29, 1.82) is 0 Å². The zero-order valence-electron chi connectivity index (χ0n) is 11.5. The van der Waals surface area contributed by atoms with Gasteiger partial charge in [-0.3, -0.25) is 0 Å². The molecule has 0 spiro atoms. The van der Waals surface area contributed by atoms with Gasteiger partial charge in [-0.15, -0.1) is 0 Å². The summed E-state index contributed by atoms with van der Waals surface area (Å²) in [6.07, 6.45) is 0.721. The van der Waals surface area contributed by atoms with Gasteiger partial charge in [-0.1, -0.05) is 113 Å². The topological polar surface area (TPSA) is 0 Å². The van der Waals surface area contributed by atoms with Crippen LogP contribution in [0.15, 0.2) is 91.0 Å². The Morgan fingerprint density at radius 3 is 1.05 bits per heavy atom. The van der Waals surface area contributed by atoms with E-state index in [0.29, 0.717) is 0 Å². The second-order valence-electron chi connectivity index (χ2n) is 4.94. The van der Waals surface area contributed by atoms with Crippen LogP contribution in [0, 0.1) is 0 Å². The molecule has 0 nitrogen and oxygen atoms in total. The molecule has 0 aliphatic rings. The van der Waals surface area contributed by atoms with Crippen LogP contribution >= 0.6 is 28.3 Å². The van der Waals surface area contributed by atoms with Crippen molar-refractivity contribution in [1.82, 2.24) is 0 Å². The van der Waals surface area contributed by atoms with Crippen LogP contribution in [0.1, 0.15) is 16.7 Å². The van der Waals surface area contributed by atoms with E-state index in [-0.39, 0.29) is 5.16 Å². The maximum absolute atomic E-state index is 2.54. The van der Waals surface area contributed by atoms with Crippen LogP contribution in [0.25, 0.3) is 0 Å². The summed E-state index contributed by atoms with van der Waals surface area (Å²) < 4.78 is 0. The van der Waals surface area contributed by atoms with Crippen molar-refractivity contribution in [3.8, 4) is 0 Å². The number of benzene rings is 3. The normalized spacial score (nSPS) is 11.9. The lowest BCUT2D eigenvalue weighted by atomic mass is 9.84. The lowest BCUT2D eigenvalue weighted by Crippen LogP contribution is -2.22. The fraction of sp³-hybridized carbons (Fsp3) is 0.0526. The van der Waals surface area contributed by atoms with Crippen molar-refractivity contribution < 1.29 is 0 Å². The zero-order chi connectivity index (χ0) is 14.5. The molecule has 0 saturated heterocycles. The fourth-order valence-electron chi connectivity index (χ4n) is 2.73. The summed E-state index contributed by atoms with van der Waals surface area (Å²) in [5.41, 5.74) is 4.07. The minimum Gasteiger partial charge on any atom is -0.0622 e. The molecule has 1 unspecified atom stereocenters. The van der Waals surface area contributed by atoms with Crippen molar-refractivity contribution in [2.45, 2.75) is 5.16 Å². The molecule has 3 aromatic carbocycles. The molecule has 0 bridgehead atoms. The van der Waals surface area contributed by atoms with Crippen LogP contribution in [0.5, 0.6) is 0 Å². The Morgan fingerprint density at radius 1 is 0.524 bits per heavy atom. The molecule has 21 heavy (non-hydrogen) atoms. The first-order valence-electron chi connectivity index (χ1n) is 6.92. The molecule has 0 heterocycles. The van der Waals surface area contributed by atoms with E-state index in [1.165, 1.54) is 16.7 Å². The van der Waals surface area contributed by atoms with Crippen LogP contribution in [0.3, 0.4) is 0 Å². The molecule has 3 aromatic rings. The van der Waals surface area contributed by atoms with E-state index >= 15 is 0 Å². The predicted octanol–water partition coefficient (Wildman–Crippen LogP) is 6.01. The first kappa shape index (κ1) is 14.7. The summed E-state index contributed by atoms with van der Waals surface area (Å²) in [5, 5.41) is -0.0651. The lowest BCUT2D eigenvalue weighted by Gasteiger charge is -2.34. The van der Waals surface area contributed by atoms with Crippen LogP contribution in [0.4, 0.5) is 0 Å². The Labute approximate surface area is 140 Å². The minimum absolute atomic E-state index is 0.0651. The van der Waals surface area contributed by atoms with E-state index in [0.717, 1.165) is 6.22 Å². The number of hydrogen-bond donors (Lipinski definition) is 0. The van der Waals surface area contributed by atoms with Gasteiger partial charge in [0.25, 0.3) is 0 Å². The molecular formula is C19H16IP. The first-order chi connectivity index (χ1) is 10.4. The number of rotatable bonds is 4. The van der Waals surface area contributed by atoms with Crippen LogP contribution < -0.4 is 0 Å². The summed E-state index contributed by atoms with van der Waals surface area (Å²) in [7, 11) is 0. The molecule has 1 atom stereocenters. The maximum atomic E-state index is 2.54. The molecule has 0 saturated carbocycles. The Morgan fingerprint density at radius 2 is 0.810 bits per heavy atom. The Hall–Kier alpha value is -1.18. The predicted molar refractivity (Wildman–Crippen MR) is 102 cm³/mol. The lowest BCUT2D eigenvalue weighted by molar-refractivity contribution is 0.896. The monoisotopic (exact) mass is 402 g/mol. The Balaban J connectivity index is 2.29. The van der Waals surface area contributed by atoms with Gasteiger partial charge in [0.15, 0.2) is 0 Å². The van der Waals surface area contributed by atoms with Gasteiger partial charge in [-0.05, 0) is 22.9 Å². The third-order valence-corrected chi connectivity index (χ3v) is 7.34. The average molecular weight is 402 g/mol. The SMILES string of the molecule is IPC(c1ccccc1)(c1ccccc1)c1ccccc1. The third kappa shape index (κ3) is 2.77. The summed E-state index contributed by atoms with van der Waals surface area (Å²) in [5.74, 6) is 0. The van der Waals surface area contributed by atoms with Crippen molar-refractivity contribution in [2.75, 3.05) is 0 Å². The fourth-order valence-corrected chi connectivity index (χ4v) is 6.36. The van der Waals surface area contributed by atoms with Gasteiger partial charge in [-0.25, -0.2) is 0 Å². The Bertz CT molecular complexity index is 584. The van der Waals surface area contributed by atoms with Crippen LogP contribution in [-0.2, 0) is 5.16 Å². The molecule has 104 valence electrons. The highest BCUT2D eigenvalue weighted by molar-refractivity contribution is 14.2. The van der Waals surface area contributed by atoms with Gasteiger partial charge in [0.2, 0.25) is 0 Å². The second-order valence-corrected chi connectivity index (χ2v) is 7.50. The summed E-state index contributed by atoms with van der Waals surface area (Å²) in [4.78, 5) is 0. The second kappa shape index (κ2) is 6.72. The molecule has 0 amide bonds. The van der Waals surface area contributed by atoms with E-state index in [2.05, 4.69) is 113 Å². The quantitative estimate of drug-likeness (QED) is 0.285. The van der Waals surface area contributed by atoms with Gasteiger partial charge in [0.05, 0.1) is 5.16 Å². The molecule has 2 heteroatoms. The molecule has 0 N–H and O–H groups in total. The highest BCUT2D eigenvalue weighted by Gasteiger charge is 2.35. The van der Waals surface area contributed by atoms with Gasteiger partial charge in [0, 0.05) is 0 Å². The zero-order valence-corrected chi connectivity index (χ0v) is 14.7. The van der Waals surface area contributed by atoms with Crippen molar-refractivity contribution in [2.24, 2.45) is 0 Å². The highest BCUT2D eigenvalue weighted by Crippen LogP contribution is 2.55. The highest BCUT2D eigenvalue weighted by atomic mass is 127. The van der Waals surface area contributed by atoms with Crippen LogP contribution in [-0.4, -0.2) is 0 Å². The van der Waals surface area contributed by atoms with E-state index in [1.807, 2.05) is 0 Å². The summed E-state index contributed by atoms with van der Waals surface area (Å²) in [6, 6.07) is 32.5. The largest absolute Gasteiger partial charge is 0.0714 e. The number of hydrogen-bond acceptors (Lipinski definition) is 0. The summed E-state index contributed by atoms with van der Waals surface area (Å²) in [6.45, 7) is 0. The van der Waals surface area contributed by atoms with Crippen molar-refractivity contribution in [3.63, 3.8) is 0 Å². The molecule has 3 rings (SSSR count). The van der Waals surface area contributed by atoms with Gasteiger partial charge in [-0.2, -0.15) is 0 Å². The van der Waals surface area contributed by atoms with E-state index in [1.54, 1.807) is 0 Å². The van der Waals surface area contributed by atoms with E-state index in [9.17, 15) is 0 Å². The average Bonchev–Trinajstić information content (AvgIpc) is 2.59. The van der Waals surface area contributed by atoms with Gasteiger partial charge >= 0.3 is 0 Å². The molecule has 0 aliphatic carbocycles.